The summed E-state index contributed by atoms with van der Waals surface area (Å²) in [6.07, 6.45) is 9.89. The van der Waals surface area contributed by atoms with Crippen LogP contribution in [0.25, 0.3) is 6.08 Å². The molecule has 1 unspecified atom stereocenters. The Morgan fingerprint density at radius 2 is 1.88 bits per heavy atom. The molecule has 0 spiro atoms. The first-order valence-electron chi connectivity index (χ1n) is 7.97. The number of nitrogens with one attached hydrogen (secondary N) is 1. The van der Waals surface area contributed by atoms with E-state index in [0.717, 1.165) is 18.1 Å². The minimum Gasteiger partial charge on any atom is -0.336 e. The second-order valence-electron chi connectivity index (χ2n) is 5.58. The fourth-order valence-corrected chi connectivity index (χ4v) is 2.68. The number of hydrogen-bond acceptors (Lipinski definition) is 2. The summed E-state index contributed by atoms with van der Waals surface area (Å²) in [5.74, 6) is 0. The quantitative estimate of drug-likeness (QED) is 0.683. The van der Waals surface area contributed by atoms with Crippen LogP contribution in [0.5, 0.6) is 0 Å². The highest BCUT2D eigenvalue weighted by atomic mass is 35.5. The number of benzene rings is 2. The Morgan fingerprint density at radius 3 is 2.58 bits per heavy atom. The van der Waals surface area contributed by atoms with Crippen LogP contribution in [0.2, 0.25) is 5.02 Å². The van der Waals surface area contributed by atoms with Crippen LogP contribution in [-0.2, 0) is 6.54 Å². The summed E-state index contributed by atoms with van der Waals surface area (Å²) in [4.78, 5) is 4.12. The third-order valence-electron chi connectivity index (χ3n) is 3.82. The van der Waals surface area contributed by atoms with E-state index in [1.807, 2.05) is 42.9 Å². The molecule has 0 fully saturated rings. The van der Waals surface area contributed by atoms with Gasteiger partial charge in [-0.05, 0) is 23.3 Å². The first-order chi connectivity index (χ1) is 11.8. The van der Waals surface area contributed by atoms with Gasteiger partial charge in [-0.15, -0.1) is 0 Å². The van der Waals surface area contributed by atoms with Crippen molar-refractivity contribution in [2.45, 2.75) is 12.6 Å². The third-order valence-corrected chi connectivity index (χ3v) is 4.07. The molecule has 122 valence electrons. The van der Waals surface area contributed by atoms with Crippen molar-refractivity contribution < 1.29 is 0 Å². The molecular weight excluding hydrogens is 318 g/mol. The summed E-state index contributed by atoms with van der Waals surface area (Å²) >= 11 is 6.01. The second kappa shape index (κ2) is 8.48. The first-order valence-corrected chi connectivity index (χ1v) is 8.35. The lowest BCUT2D eigenvalue weighted by Gasteiger charge is -2.19. The van der Waals surface area contributed by atoms with Gasteiger partial charge in [-0.2, -0.15) is 0 Å². The molecule has 0 amide bonds. The summed E-state index contributed by atoms with van der Waals surface area (Å²) in [5, 5.41) is 4.34. The Kier molecular flexibility index (Phi) is 5.83. The molecule has 0 aliphatic heterocycles. The van der Waals surface area contributed by atoms with Gasteiger partial charge in [-0.1, -0.05) is 66.2 Å². The van der Waals surface area contributed by atoms with Crippen LogP contribution >= 0.6 is 11.6 Å². The Balaban J connectivity index is 1.65. The molecule has 0 bridgehead atoms. The van der Waals surface area contributed by atoms with Crippen molar-refractivity contribution in [3.8, 4) is 0 Å². The molecule has 0 radical (unpaired) electrons. The Labute approximate surface area is 147 Å². The highest BCUT2D eigenvalue weighted by Gasteiger charge is 2.10. The summed E-state index contributed by atoms with van der Waals surface area (Å²) in [6.45, 7) is 1.61. The van der Waals surface area contributed by atoms with Crippen molar-refractivity contribution in [1.29, 1.82) is 0 Å². The molecule has 1 N–H and O–H groups in total. The maximum Gasteiger partial charge on any atom is 0.0946 e. The molecule has 2 aromatic carbocycles. The van der Waals surface area contributed by atoms with Crippen LogP contribution in [-0.4, -0.2) is 16.1 Å². The van der Waals surface area contributed by atoms with Gasteiger partial charge in [0.1, 0.15) is 0 Å². The Hall–Kier alpha value is -2.36. The number of rotatable bonds is 7. The van der Waals surface area contributed by atoms with Crippen LogP contribution in [0.1, 0.15) is 17.2 Å². The zero-order chi connectivity index (χ0) is 16.6. The van der Waals surface area contributed by atoms with Crippen molar-refractivity contribution in [3.05, 3.63) is 95.5 Å². The first kappa shape index (κ1) is 16.5. The van der Waals surface area contributed by atoms with Gasteiger partial charge in [-0.25, -0.2) is 4.98 Å². The van der Waals surface area contributed by atoms with E-state index in [1.54, 1.807) is 6.20 Å². The van der Waals surface area contributed by atoms with Gasteiger partial charge in [0, 0.05) is 30.5 Å². The largest absolute Gasteiger partial charge is 0.336 e. The van der Waals surface area contributed by atoms with Crippen LogP contribution in [0.15, 0.2) is 79.4 Å². The highest BCUT2D eigenvalue weighted by molar-refractivity contribution is 6.30. The molecular formula is C20H20ClN3. The second-order valence-corrected chi connectivity index (χ2v) is 6.02. The minimum atomic E-state index is 0.192. The Morgan fingerprint density at radius 1 is 1.08 bits per heavy atom. The predicted molar refractivity (Wildman–Crippen MR) is 99.9 cm³/mol. The van der Waals surface area contributed by atoms with Crippen molar-refractivity contribution in [3.63, 3.8) is 0 Å². The standard InChI is InChI=1S/C20H20ClN3/c21-19-10-8-18(9-11-19)20(15-24-14-13-22-16-24)23-12-4-7-17-5-2-1-3-6-17/h1-11,13-14,16,20,23H,12,15H2/b7-4+. The number of nitrogens with zero attached hydrogens (tertiary/aromatic N) is 2. The predicted octanol–water partition coefficient (Wildman–Crippen LogP) is 4.58. The summed E-state index contributed by atoms with van der Waals surface area (Å²) in [5.41, 5.74) is 2.41. The third kappa shape index (κ3) is 4.82. The van der Waals surface area contributed by atoms with Gasteiger partial charge in [0.25, 0.3) is 0 Å². The molecule has 3 nitrogen and oxygen atoms in total. The van der Waals surface area contributed by atoms with Gasteiger partial charge < -0.3 is 9.88 Å². The van der Waals surface area contributed by atoms with E-state index in [4.69, 9.17) is 11.6 Å². The molecule has 1 aromatic heterocycles. The lowest BCUT2D eigenvalue weighted by atomic mass is 10.1. The van der Waals surface area contributed by atoms with E-state index in [1.165, 1.54) is 11.1 Å². The number of hydrogen-bond donors (Lipinski definition) is 1. The normalized spacial score (nSPS) is 12.5. The minimum absolute atomic E-state index is 0.192. The van der Waals surface area contributed by atoms with Gasteiger partial charge in [-0.3, -0.25) is 0 Å². The number of halogens is 1. The molecule has 3 aromatic rings. The van der Waals surface area contributed by atoms with Crippen molar-refractivity contribution >= 4 is 17.7 Å². The topological polar surface area (TPSA) is 29.9 Å². The molecule has 0 aliphatic carbocycles. The van der Waals surface area contributed by atoms with Gasteiger partial charge in [0.2, 0.25) is 0 Å². The molecule has 24 heavy (non-hydrogen) atoms. The monoisotopic (exact) mass is 337 g/mol. The van der Waals surface area contributed by atoms with Crippen LogP contribution in [0.4, 0.5) is 0 Å². The average molecular weight is 338 g/mol. The van der Waals surface area contributed by atoms with Gasteiger partial charge in [0.05, 0.1) is 12.4 Å². The zero-order valence-corrected chi connectivity index (χ0v) is 14.1. The van der Waals surface area contributed by atoms with Crippen LogP contribution in [0.3, 0.4) is 0 Å². The Bertz CT molecular complexity index is 749. The molecule has 0 aliphatic rings. The highest BCUT2D eigenvalue weighted by Crippen LogP contribution is 2.18. The summed E-state index contributed by atoms with van der Waals surface area (Å²) in [7, 11) is 0. The molecule has 4 heteroatoms. The van der Waals surface area contributed by atoms with E-state index < -0.39 is 0 Å². The van der Waals surface area contributed by atoms with Crippen LogP contribution in [0, 0.1) is 0 Å². The van der Waals surface area contributed by atoms with E-state index in [0.29, 0.717) is 0 Å². The molecule has 0 saturated carbocycles. The van der Waals surface area contributed by atoms with Gasteiger partial charge in [0.15, 0.2) is 0 Å². The maximum absolute atomic E-state index is 6.01. The fraction of sp³-hybridized carbons (Fsp3) is 0.150. The summed E-state index contributed by atoms with van der Waals surface area (Å²) in [6, 6.07) is 18.5. The maximum atomic E-state index is 6.01. The zero-order valence-electron chi connectivity index (χ0n) is 13.3. The number of aromatic nitrogens is 2. The lowest BCUT2D eigenvalue weighted by Crippen LogP contribution is -2.25. The number of imidazole rings is 1. The van der Waals surface area contributed by atoms with Crippen molar-refractivity contribution in [2.75, 3.05) is 6.54 Å². The van der Waals surface area contributed by atoms with Crippen LogP contribution < -0.4 is 5.32 Å². The van der Waals surface area contributed by atoms with E-state index >= 15 is 0 Å². The van der Waals surface area contributed by atoms with E-state index in [2.05, 4.69) is 51.3 Å². The fourth-order valence-electron chi connectivity index (χ4n) is 2.56. The SMILES string of the molecule is Clc1ccc(C(Cn2ccnc2)NC/C=C/c2ccccc2)cc1. The van der Waals surface area contributed by atoms with Gasteiger partial charge >= 0.3 is 0 Å². The average Bonchev–Trinajstić information content (AvgIpc) is 3.12. The summed E-state index contributed by atoms with van der Waals surface area (Å²) < 4.78 is 2.08. The van der Waals surface area contributed by atoms with E-state index in [-0.39, 0.29) is 6.04 Å². The van der Waals surface area contributed by atoms with E-state index in [9.17, 15) is 0 Å². The van der Waals surface area contributed by atoms with Crippen molar-refractivity contribution in [2.24, 2.45) is 0 Å². The smallest absolute Gasteiger partial charge is 0.0946 e. The lowest BCUT2D eigenvalue weighted by molar-refractivity contribution is 0.484. The molecule has 0 saturated heterocycles. The molecule has 3 rings (SSSR count). The van der Waals surface area contributed by atoms with Crippen molar-refractivity contribution in [1.82, 2.24) is 14.9 Å². The molecule has 1 heterocycles. The molecule has 1 atom stereocenters.